The first kappa shape index (κ1) is 28.6. The zero-order chi connectivity index (χ0) is 27.9. The van der Waals surface area contributed by atoms with Gasteiger partial charge in [-0.3, -0.25) is 14.7 Å². The van der Waals surface area contributed by atoms with Crippen LogP contribution in [0.3, 0.4) is 0 Å². The van der Waals surface area contributed by atoms with Crippen LogP contribution in [0, 0.1) is 20.8 Å². The fourth-order valence-electron chi connectivity index (χ4n) is 5.24. The number of nitrogens with zero attached hydrogens (tertiary/aromatic N) is 5. The fraction of sp³-hybridized carbons (Fsp3) is 0.484. The predicted octanol–water partition coefficient (Wildman–Crippen LogP) is 5.52. The lowest BCUT2D eigenvalue weighted by Crippen LogP contribution is -2.43. The van der Waals surface area contributed by atoms with Gasteiger partial charge in [0.05, 0.1) is 48.2 Å². The molecule has 39 heavy (non-hydrogen) atoms. The van der Waals surface area contributed by atoms with Crippen LogP contribution in [0.25, 0.3) is 11.4 Å². The Hall–Kier alpha value is -3.36. The van der Waals surface area contributed by atoms with Crippen LogP contribution in [0.15, 0.2) is 36.8 Å². The summed E-state index contributed by atoms with van der Waals surface area (Å²) in [5.74, 6) is 1.24. The number of carbonyl (C=O) groups is 1. The Labute approximate surface area is 232 Å². The van der Waals surface area contributed by atoms with E-state index in [0.717, 1.165) is 68.2 Å². The Morgan fingerprint density at radius 3 is 2.38 bits per heavy atom. The highest BCUT2D eigenvalue weighted by Crippen LogP contribution is 2.31. The van der Waals surface area contributed by atoms with Gasteiger partial charge in [-0.2, -0.15) is 5.10 Å². The topological polar surface area (TPSA) is 85.2 Å². The zero-order valence-electron chi connectivity index (χ0n) is 24.2. The number of aldehydes is 1. The minimum absolute atomic E-state index is 0.453. The van der Waals surface area contributed by atoms with E-state index >= 15 is 0 Å². The number of pyridine rings is 2. The minimum atomic E-state index is 0.453. The molecule has 3 aromatic heterocycles. The number of nitrogens with one attached hydrogen (secondary N) is 1. The summed E-state index contributed by atoms with van der Waals surface area (Å²) in [4.78, 5) is 22.5. The summed E-state index contributed by atoms with van der Waals surface area (Å²) in [6.07, 6.45) is 12.1. The van der Waals surface area contributed by atoms with Crippen molar-refractivity contribution in [3.8, 4) is 5.82 Å². The average molecular weight is 531 g/mol. The third-order valence-corrected chi connectivity index (χ3v) is 7.73. The van der Waals surface area contributed by atoms with Gasteiger partial charge < -0.3 is 10.1 Å². The largest absolute Gasteiger partial charge is 0.387 e. The molecule has 1 saturated heterocycles. The van der Waals surface area contributed by atoms with E-state index in [2.05, 4.69) is 64.3 Å². The van der Waals surface area contributed by atoms with Crippen LogP contribution in [0.5, 0.6) is 0 Å². The lowest BCUT2D eigenvalue weighted by atomic mass is 9.90. The maximum atomic E-state index is 10.8. The normalized spacial score (nSPS) is 17.8. The van der Waals surface area contributed by atoms with E-state index in [-0.39, 0.29) is 0 Å². The van der Waals surface area contributed by atoms with E-state index < -0.39 is 0 Å². The predicted molar refractivity (Wildman–Crippen MR) is 157 cm³/mol. The molecule has 208 valence electrons. The fourth-order valence-corrected chi connectivity index (χ4v) is 5.24. The van der Waals surface area contributed by atoms with Crippen molar-refractivity contribution < 1.29 is 9.53 Å². The van der Waals surface area contributed by atoms with Crippen LogP contribution in [-0.2, 0) is 4.74 Å². The van der Waals surface area contributed by atoms with Crippen molar-refractivity contribution in [2.45, 2.75) is 65.8 Å². The highest BCUT2D eigenvalue weighted by Gasteiger charge is 2.24. The summed E-state index contributed by atoms with van der Waals surface area (Å²) in [6, 6.07) is 4.99. The molecule has 1 fully saturated rings. The molecule has 0 amide bonds. The van der Waals surface area contributed by atoms with Crippen LogP contribution in [0.1, 0.15) is 77.5 Å². The molecular formula is C31H42N6O2. The van der Waals surface area contributed by atoms with Crippen LogP contribution in [0.4, 0.5) is 5.69 Å². The SMILES string of the molecule is CNc1cnc(C2=CCC(N3CCOCC3)CC2)c(C)c1.Cc1cc(C(C)C)cnc1-n1ncc(C=O)c1C. The molecule has 5 rings (SSSR count). The first-order valence-corrected chi connectivity index (χ1v) is 13.9. The number of ether oxygens (including phenoxy) is 1. The summed E-state index contributed by atoms with van der Waals surface area (Å²) < 4.78 is 7.16. The molecule has 0 bridgehead atoms. The monoisotopic (exact) mass is 530 g/mol. The van der Waals surface area contributed by atoms with E-state index in [9.17, 15) is 4.79 Å². The van der Waals surface area contributed by atoms with Crippen molar-refractivity contribution in [1.82, 2.24) is 24.6 Å². The van der Waals surface area contributed by atoms with E-state index in [4.69, 9.17) is 4.74 Å². The number of morpholine rings is 1. The molecule has 8 nitrogen and oxygen atoms in total. The standard InChI is InChI=1S/C17H25N3O.C14H17N3O/c1-13-11-15(18-2)12-19-17(13)14-3-5-16(6-4-14)20-7-9-21-10-8-20;1-9(2)12-5-10(3)14(15-6-12)17-11(4)13(8-18)7-16-17/h3,11-12,16,18H,4-10H2,1-2H3;5-9H,1-4H3. The van der Waals surface area contributed by atoms with E-state index in [0.29, 0.717) is 17.5 Å². The number of anilines is 1. The second kappa shape index (κ2) is 13.1. The number of allylic oxidation sites excluding steroid dienone is 1. The molecule has 0 spiro atoms. The van der Waals surface area contributed by atoms with Gasteiger partial charge in [0.15, 0.2) is 12.1 Å². The second-order valence-corrected chi connectivity index (χ2v) is 10.7. The van der Waals surface area contributed by atoms with Crippen molar-refractivity contribution >= 4 is 17.5 Å². The Morgan fingerprint density at radius 2 is 1.82 bits per heavy atom. The number of hydrogen-bond donors (Lipinski definition) is 1. The zero-order valence-corrected chi connectivity index (χ0v) is 24.2. The lowest BCUT2D eigenvalue weighted by Gasteiger charge is -2.36. The smallest absolute Gasteiger partial charge is 0.156 e. The number of rotatable bonds is 6. The number of hydrogen-bond acceptors (Lipinski definition) is 7. The van der Waals surface area contributed by atoms with Crippen LogP contribution < -0.4 is 5.32 Å². The number of aromatic nitrogens is 4. The Morgan fingerprint density at radius 1 is 1.05 bits per heavy atom. The maximum Gasteiger partial charge on any atom is 0.156 e. The van der Waals surface area contributed by atoms with Crippen LogP contribution in [-0.4, -0.2) is 70.3 Å². The third-order valence-electron chi connectivity index (χ3n) is 7.73. The molecule has 1 N–H and O–H groups in total. The van der Waals surface area contributed by atoms with Gasteiger partial charge in [-0.05, 0) is 74.3 Å². The van der Waals surface area contributed by atoms with Gasteiger partial charge >= 0.3 is 0 Å². The van der Waals surface area contributed by atoms with Gasteiger partial charge in [0.1, 0.15) is 0 Å². The third kappa shape index (κ3) is 6.81. The van der Waals surface area contributed by atoms with E-state index in [1.54, 1.807) is 10.9 Å². The van der Waals surface area contributed by atoms with Gasteiger partial charge in [0.25, 0.3) is 0 Å². The first-order valence-electron chi connectivity index (χ1n) is 13.9. The number of carbonyl (C=O) groups excluding carboxylic acids is 1. The van der Waals surface area contributed by atoms with Crippen LogP contribution >= 0.6 is 0 Å². The molecule has 1 aliphatic heterocycles. The van der Waals surface area contributed by atoms with Gasteiger partial charge in [-0.25, -0.2) is 9.67 Å². The number of aryl methyl sites for hydroxylation is 2. The van der Waals surface area contributed by atoms with Crippen molar-refractivity contribution in [3.63, 3.8) is 0 Å². The highest BCUT2D eigenvalue weighted by molar-refractivity contribution is 5.76. The molecule has 0 radical (unpaired) electrons. The molecule has 1 atom stereocenters. The molecule has 8 heteroatoms. The van der Waals surface area contributed by atoms with Crippen molar-refractivity contribution in [1.29, 1.82) is 0 Å². The molecule has 1 aliphatic carbocycles. The Bertz CT molecular complexity index is 1310. The summed E-state index contributed by atoms with van der Waals surface area (Å²) in [6.45, 7) is 14.3. The average Bonchev–Trinajstić information content (AvgIpc) is 3.33. The van der Waals surface area contributed by atoms with Crippen LogP contribution in [0.2, 0.25) is 0 Å². The van der Waals surface area contributed by atoms with Gasteiger partial charge in [0, 0.05) is 32.4 Å². The molecule has 4 heterocycles. The maximum absolute atomic E-state index is 10.8. The van der Waals surface area contributed by atoms with Gasteiger partial charge in [0.2, 0.25) is 0 Å². The molecule has 0 saturated carbocycles. The molecule has 1 unspecified atom stereocenters. The summed E-state index contributed by atoms with van der Waals surface area (Å²) in [5, 5.41) is 7.36. The van der Waals surface area contributed by atoms with Crippen molar-refractivity contribution in [2.75, 3.05) is 38.7 Å². The van der Waals surface area contributed by atoms with Gasteiger partial charge in [-0.15, -0.1) is 0 Å². The molecule has 3 aromatic rings. The lowest BCUT2D eigenvalue weighted by molar-refractivity contribution is 0.0150. The molecule has 2 aliphatic rings. The summed E-state index contributed by atoms with van der Waals surface area (Å²) in [5.41, 5.74) is 8.62. The second-order valence-electron chi connectivity index (χ2n) is 10.7. The van der Waals surface area contributed by atoms with Crippen molar-refractivity contribution in [2.24, 2.45) is 0 Å². The van der Waals surface area contributed by atoms with Gasteiger partial charge in [-0.1, -0.05) is 26.0 Å². The summed E-state index contributed by atoms with van der Waals surface area (Å²) >= 11 is 0. The quantitative estimate of drug-likeness (QED) is 0.420. The Balaban J connectivity index is 0.000000183. The minimum Gasteiger partial charge on any atom is -0.387 e. The molecular weight excluding hydrogens is 488 g/mol. The van der Waals surface area contributed by atoms with E-state index in [1.807, 2.05) is 33.3 Å². The highest BCUT2D eigenvalue weighted by atomic mass is 16.5. The Kier molecular flexibility index (Phi) is 9.64. The molecule has 0 aromatic carbocycles. The van der Waals surface area contributed by atoms with Crippen molar-refractivity contribution in [3.05, 3.63) is 70.4 Å². The first-order chi connectivity index (χ1) is 18.8. The van der Waals surface area contributed by atoms with E-state index in [1.165, 1.54) is 28.8 Å². The summed E-state index contributed by atoms with van der Waals surface area (Å²) in [7, 11) is 1.93.